The van der Waals surface area contributed by atoms with E-state index < -0.39 is 5.82 Å². The molecule has 0 radical (unpaired) electrons. The summed E-state index contributed by atoms with van der Waals surface area (Å²) in [5.74, 6) is 0.522. The first-order valence-electron chi connectivity index (χ1n) is 12.4. The number of carbonyl (C=O) groups is 1. The van der Waals surface area contributed by atoms with E-state index in [2.05, 4.69) is 14.9 Å². The summed E-state index contributed by atoms with van der Waals surface area (Å²) in [4.78, 5) is 25.6. The van der Waals surface area contributed by atoms with Gasteiger partial charge in [0, 0.05) is 43.0 Å². The van der Waals surface area contributed by atoms with E-state index in [9.17, 15) is 9.90 Å². The van der Waals surface area contributed by atoms with Gasteiger partial charge in [0.2, 0.25) is 5.91 Å². The fourth-order valence-electron chi connectivity index (χ4n) is 5.69. The van der Waals surface area contributed by atoms with E-state index in [1.807, 2.05) is 29.2 Å². The highest BCUT2D eigenvalue weighted by molar-refractivity contribution is 6.35. The average molecular weight is 505 g/mol. The number of phenols is 1. The Morgan fingerprint density at radius 1 is 1.00 bits per heavy atom. The smallest absolute Gasteiger partial charge is 0.225 e. The van der Waals surface area contributed by atoms with Crippen molar-refractivity contribution < 1.29 is 14.3 Å². The lowest BCUT2D eigenvalue weighted by Gasteiger charge is -2.37. The number of benzene rings is 3. The number of piperazine rings is 1. The van der Waals surface area contributed by atoms with Crippen LogP contribution in [-0.2, 0) is 4.79 Å². The molecule has 4 aromatic rings. The topological polar surface area (TPSA) is 69.6 Å². The number of nitrogens with zero attached hydrogens (tertiary/aromatic N) is 4. The molecule has 3 aromatic carbocycles. The molecule has 0 spiro atoms. The fraction of sp³-hybridized carbons (Fsp3) is 0.321. The van der Waals surface area contributed by atoms with E-state index >= 15 is 4.39 Å². The van der Waals surface area contributed by atoms with Gasteiger partial charge in [0.15, 0.2) is 5.82 Å². The number of phenolic OH excluding ortho intramolecular Hbond substituents is 1. The molecular formula is C28H26ClFN4O2. The van der Waals surface area contributed by atoms with Crippen LogP contribution in [0, 0.1) is 11.7 Å². The van der Waals surface area contributed by atoms with Crippen molar-refractivity contribution in [3.63, 3.8) is 0 Å². The minimum Gasteiger partial charge on any atom is -0.508 e. The summed E-state index contributed by atoms with van der Waals surface area (Å²) < 4.78 is 16.0. The Morgan fingerprint density at radius 3 is 2.53 bits per heavy atom. The molecule has 8 heteroatoms. The van der Waals surface area contributed by atoms with Crippen molar-refractivity contribution in [1.82, 2.24) is 14.9 Å². The molecule has 0 unspecified atom stereocenters. The zero-order valence-electron chi connectivity index (χ0n) is 19.8. The van der Waals surface area contributed by atoms with Crippen LogP contribution in [0.1, 0.15) is 25.7 Å². The Hall–Kier alpha value is -3.45. The molecule has 6 nitrogen and oxygen atoms in total. The van der Waals surface area contributed by atoms with Crippen LogP contribution in [0.15, 0.2) is 48.8 Å². The van der Waals surface area contributed by atoms with Gasteiger partial charge in [0.05, 0.1) is 5.02 Å². The molecule has 184 valence electrons. The number of rotatable bonds is 3. The number of hydrogen-bond acceptors (Lipinski definition) is 5. The summed E-state index contributed by atoms with van der Waals surface area (Å²) in [6, 6.07) is 12.4. The molecule has 0 bridgehead atoms. The molecule has 1 saturated heterocycles. The highest BCUT2D eigenvalue weighted by Gasteiger charge is 2.30. The average Bonchev–Trinajstić information content (AvgIpc) is 3.43. The number of aromatic nitrogens is 2. The first-order chi connectivity index (χ1) is 17.5. The maximum absolute atomic E-state index is 16.0. The van der Waals surface area contributed by atoms with E-state index in [1.54, 1.807) is 12.1 Å². The van der Waals surface area contributed by atoms with Crippen LogP contribution in [0.4, 0.5) is 10.2 Å². The van der Waals surface area contributed by atoms with Crippen LogP contribution in [0.2, 0.25) is 5.02 Å². The number of amides is 1. The second kappa shape index (κ2) is 9.21. The molecule has 1 saturated carbocycles. The van der Waals surface area contributed by atoms with Gasteiger partial charge >= 0.3 is 0 Å². The van der Waals surface area contributed by atoms with Crippen molar-refractivity contribution in [3.8, 4) is 16.9 Å². The number of carbonyl (C=O) groups excluding carboxylic acids is 1. The largest absolute Gasteiger partial charge is 0.508 e. The Labute approximate surface area is 213 Å². The molecule has 2 aliphatic rings. The van der Waals surface area contributed by atoms with Gasteiger partial charge < -0.3 is 14.9 Å². The molecule has 1 aliphatic heterocycles. The first kappa shape index (κ1) is 23.0. The predicted molar refractivity (Wildman–Crippen MR) is 140 cm³/mol. The van der Waals surface area contributed by atoms with Gasteiger partial charge in [-0.3, -0.25) is 4.79 Å². The molecule has 1 aromatic heterocycles. The zero-order valence-corrected chi connectivity index (χ0v) is 20.5. The Kier molecular flexibility index (Phi) is 5.88. The summed E-state index contributed by atoms with van der Waals surface area (Å²) in [5.41, 5.74) is 0.887. The normalized spacial score (nSPS) is 16.8. The molecule has 1 amide bonds. The molecule has 2 heterocycles. The highest BCUT2D eigenvalue weighted by atomic mass is 35.5. The fourth-order valence-corrected chi connectivity index (χ4v) is 5.98. The maximum atomic E-state index is 16.0. The summed E-state index contributed by atoms with van der Waals surface area (Å²) in [6.45, 7) is 2.46. The lowest BCUT2D eigenvalue weighted by molar-refractivity contribution is -0.135. The monoisotopic (exact) mass is 504 g/mol. The minimum absolute atomic E-state index is 0.0349. The molecular weight excluding hydrogens is 479 g/mol. The van der Waals surface area contributed by atoms with Gasteiger partial charge in [0.25, 0.3) is 0 Å². The van der Waals surface area contributed by atoms with Crippen molar-refractivity contribution in [3.05, 3.63) is 59.6 Å². The van der Waals surface area contributed by atoms with Gasteiger partial charge in [0.1, 0.15) is 23.4 Å². The standard InChI is InChI=1S/C28H26ClFN4O2/c29-23-15-22-26(25(30)24(23)21-14-19(35)13-18-7-3-4-8-20(18)21)31-16-32-27(22)33-9-11-34(12-10-33)28(36)17-5-1-2-6-17/h3-4,7-8,13-17,35H,1-2,5-6,9-12H2. The van der Waals surface area contributed by atoms with Gasteiger partial charge in [-0.1, -0.05) is 48.7 Å². The van der Waals surface area contributed by atoms with Crippen LogP contribution in [0.25, 0.3) is 32.8 Å². The Balaban J connectivity index is 1.36. The van der Waals surface area contributed by atoms with Crippen molar-refractivity contribution in [2.75, 3.05) is 31.1 Å². The summed E-state index contributed by atoms with van der Waals surface area (Å²) in [6.07, 6.45) is 5.62. The number of anilines is 1. The molecule has 1 aliphatic carbocycles. The quantitative estimate of drug-likeness (QED) is 0.382. The van der Waals surface area contributed by atoms with Crippen LogP contribution >= 0.6 is 11.6 Å². The van der Waals surface area contributed by atoms with Gasteiger partial charge in [-0.05, 0) is 47.4 Å². The molecule has 0 atom stereocenters. The first-order valence-corrected chi connectivity index (χ1v) is 12.8. The minimum atomic E-state index is -0.549. The Bertz CT molecular complexity index is 1480. The second-order valence-corrected chi connectivity index (χ2v) is 10.1. The van der Waals surface area contributed by atoms with Crippen LogP contribution in [0.3, 0.4) is 0 Å². The number of aromatic hydroxyl groups is 1. The predicted octanol–water partition coefficient (Wildman–Crippen LogP) is 5.79. The third-order valence-electron chi connectivity index (χ3n) is 7.51. The zero-order chi connectivity index (χ0) is 24.8. The van der Waals surface area contributed by atoms with Crippen LogP contribution in [0.5, 0.6) is 5.75 Å². The number of fused-ring (bicyclic) bond motifs is 2. The van der Waals surface area contributed by atoms with Crippen molar-refractivity contribution in [2.45, 2.75) is 25.7 Å². The summed E-state index contributed by atoms with van der Waals surface area (Å²) >= 11 is 6.70. The van der Waals surface area contributed by atoms with Crippen molar-refractivity contribution in [2.24, 2.45) is 5.92 Å². The van der Waals surface area contributed by atoms with Crippen molar-refractivity contribution in [1.29, 1.82) is 0 Å². The molecule has 2 fully saturated rings. The van der Waals surface area contributed by atoms with Gasteiger partial charge in [-0.25, -0.2) is 14.4 Å². The molecule has 1 N–H and O–H groups in total. The number of halogens is 2. The highest BCUT2D eigenvalue weighted by Crippen LogP contribution is 2.41. The maximum Gasteiger partial charge on any atom is 0.225 e. The Morgan fingerprint density at radius 2 is 1.75 bits per heavy atom. The third kappa shape index (κ3) is 3.91. The molecule has 6 rings (SSSR count). The SMILES string of the molecule is O=C(C1CCCC1)N1CCN(c2ncnc3c(F)c(-c4cc(O)cc5ccccc45)c(Cl)cc23)CC1. The lowest BCUT2D eigenvalue weighted by atomic mass is 9.96. The van der Waals surface area contributed by atoms with Gasteiger partial charge in [-0.15, -0.1) is 0 Å². The van der Waals surface area contributed by atoms with E-state index in [4.69, 9.17) is 11.6 Å². The van der Waals surface area contributed by atoms with E-state index in [1.165, 1.54) is 12.4 Å². The molecule has 36 heavy (non-hydrogen) atoms. The van der Waals surface area contributed by atoms with Crippen molar-refractivity contribution >= 4 is 45.0 Å². The van der Waals surface area contributed by atoms with Crippen LogP contribution in [-0.4, -0.2) is 52.1 Å². The second-order valence-electron chi connectivity index (χ2n) is 9.65. The van der Waals surface area contributed by atoms with E-state index in [-0.39, 0.29) is 33.7 Å². The summed E-state index contributed by atoms with van der Waals surface area (Å²) in [7, 11) is 0. The van der Waals surface area contributed by atoms with Gasteiger partial charge in [-0.2, -0.15) is 0 Å². The van der Waals surface area contributed by atoms with E-state index in [0.29, 0.717) is 42.9 Å². The summed E-state index contributed by atoms with van der Waals surface area (Å²) in [5, 5.41) is 12.6. The lowest BCUT2D eigenvalue weighted by Crippen LogP contribution is -2.50. The van der Waals surface area contributed by atoms with E-state index in [0.717, 1.165) is 36.5 Å². The van der Waals surface area contributed by atoms with Crippen LogP contribution < -0.4 is 4.90 Å². The third-order valence-corrected chi connectivity index (χ3v) is 7.81. The number of hydrogen-bond donors (Lipinski definition) is 1.